The quantitative estimate of drug-likeness (QED) is 0.682. The normalized spacial score (nSPS) is 19.8. The van der Waals surface area contributed by atoms with Gasteiger partial charge < -0.3 is 14.2 Å². The number of hydrogen-bond acceptors (Lipinski definition) is 6. The van der Waals surface area contributed by atoms with Crippen LogP contribution in [0.3, 0.4) is 0 Å². The van der Waals surface area contributed by atoms with Gasteiger partial charge in [0.15, 0.2) is 17.3 Å². The molecule has 30 heavy (non-hydrogen) atoms. The fourth-order valence-electron chi connectivity index (χ4n) is 4.26. The second-order valence-electron chi connectivity index (χ2n) is 7.11. The summed E-state index contributed by atoms with van der Waals surface area (Å²) in [6, 6.07) is 10.7. The van der Waals surface area contributed by atoms with Gasteiger partial charge in [0.1, 0.15) is 5.92 Å². The standard InChI is InChI=1S/C23H20ClNO5/c1-11-17(23(27)30-4)18(12-9-15(24)22(29-3)16(10-12)28-2)19-20(25-11)13-7-5-6-8-14(13)21(19)26/h5-10,17-18H,1-4H3/t17?,18-/m0/s1. The molecular weight excluding hydrogens is 406 g/mol. The van der Waals surface area contributed by atoms with Crippen molar-refractivity contribution in [3.63, 3.8) is 0 Å². The summed E-state index contributed by atoms with van der Waals surface area (Å²) >= 11 is 6.45. The Balaban J connectivity index is 1.98. The largest absolute Gasteiger partial charge is 0.493 e. The van der Waals surface area contributed by atoms with E-state index >= 15 is 0 Å². The number of ether oxygens (including phenoxy) is 3. The number of esters is 1. The predicted molar refractivity (Wildman–Crippen MR) is 114 cm³/mol. The van der Waals surface area contributed by atoms with E-state index in [1.807, 2.05) is 18.2 Å². The molecule has 2 aliphatic rings. The maximum absolute atomic E-state index is 13.4. The molecule has 1 aliphatic heterocycles. The first-order chi connectivity index (χ1) is 14.4. The summed E-state index contributed by atoms with van der Waals surface area (Å²) in [4.78, 5) is 30.8. The first kappa shape index (κ1) is 20.2. The van der Waals surface area contributed by atoms with Crippen molar-refractivity contribution in [3.8, 4) is 11.5 Å². The van der Waals surface area contributed by atoms with Crippen molar-refractivity contribution in [2.45, 2.75) is 12.8 Å². The lowest BCUT2D eigenvalue weighted by Crippen LogP contribution is -2.34. The van der Waals surface area contributed by atoms with Crippen LogP contribution in [0.1, 0.15) is 34.3 Å². The van der Waals surface area contributed by atoms with E-state index in [9.17, 15) is 9.59 Å². The number of allylic oxidation sites excluding steroid dienone is 1. The first-order valence-electron chi connectivity index (χ1n) is 9.35. The fraction of sp³-hybridized carbons (Fsp3) is 0.261. The zero-order valence-electron chi connectivity index (χ0n) is 17.0. The van der Waals surface area contributed by atoms with Gasteiger partial charge in [0.2, 0.25) is 0 Å². The number of halogens is 1. The van der Waals surface area contributed by atoms with E-state index in [0.717, 1.165) is 5.56 Å². The molecule has 2 atom stereocenters. The molecular formula is C23H20ClNO5. The van der Waals surface area contributed by atoms with Crippen LogP contribution in [-0.4, -0.2) is 38.8 Å². The van der Waals surface area contributed by atoms with Crippen molar-refractivity contribution in [1.82, 2.24) is 0 Å². The zero-order chi connectivity index (χ0) is 21.6. The van der Waals surface area contributed by atoms with Crippen LogP contribution in [0, 0.1) is 5.92 Å². The van der Waals surface area contributed by atoms with E-state index in [0.29, 0.717) is 44.6 Å². The average Bonchev–Trinajstić information content (AvgIpc) is 3.03. The topological polar surface area (TPSA) is 74.2 Å². The lowest BCUT2D eigenvalue weighted by atomic mass is 9.75. The summed E-state index contributed by atoms with van der Waals surface area (Å²) in [5.74, 6) is -1.21. The van der Waals surface area contributed by atoms with Crippen LogP contribution in [0.4, 0.5) is 0 Å². The van der Waals surface area contributed by atoms with Gasteiger partial charge >= 0.3 is 5.97 Å². The molecule has 2 aromatic rings. The minimum absolute atomic E-state index is 0.151. The highest BCUT2D eigenvalue weighted by Gasteiger charge is 2.46. The van der Waals surface area contributed by atoms with Gasteiger partial charge in [-0.1, -0.05) is 35.9 Å². The Morgan fingerprint density at radius 1 is 1.07 bits per heavy atom. The monoisotopic (exact) mass is 425 g/mol. The number of benzene rings is 2. The maximum Gasteiger partial charge on any atom is 0.315 e. The van der Waals surface area contributed by atoms with Crippen LogP contribution in [0.5, 0.6) is 11.5 Å². The lowest BCUT2D eigenvalue weighted by molar-refractivity contribution is -0.143. The van der Waals surface area contributed by atoms with Crippen LogP contribution in [0.15, 0.2) is 47.0 Å². The second-order valence-corrected chi connectivity index (χ2v) is 7.51. The molecule has 154 valence electrons. The van der Waals surface area contributed by atoms with E-state index < -0.39 is 17.8 Å². The number of carbonyl (C=O) groups excluding carboxylic acids is 2. The number of aliphatic imine (C=N–C) groups is 1. The van der Waals surface area contributed by atoms with Crippen molar-refractivity contribution in [2.75, 3.05) is 21.3 Å². The van der Waals surface area contributed by atoms with Crippen LogP contribution in [0.25, 0.3) is 5.70 Å². The third-order valence-electron chi connectivity index (χ3n) is 5.58. The molecule has 0 saturated heterocycles. The molecule has 0 spiro atoms. The van der Waals surface area contributed by atoms with Gasteiger partial charge in [-0.15, -0.1) is 0 Å². The van der Waals surface area contributed by atoms with Crippen LogP contribution >= 0.6 is 11.6 Å². The summed E-state index contributed by atoms with van der Waals surface area (Å²) < 4.78 is 15.8. The van der Waals surface area contributed by atoms with Gasteiger partial charge in [-0.25, -0.2) is 0 Å². The molecule has 1 aliphatic carbocycles. The van der Waals surface area contributed by atoms with Crippen LogP contribution < -0.4 is 9.47 Å². The molecule has 1 unspecified atom stereocenters. The molecule has 7 heteroatoms. The molecule has 0 radical (unpaired) electrons. The summed E-state index contributed by atoms with van der Waals surface area (Å²) in [5.41, 5.74) is 3.60. The summed E-state index contributed by atoms with van der Waals surface area (Å²) in [5, 5.41) is 0.320. The Labute approximate surface area is 179 Å². The first-order valence-corrected chi connectivity index (χ1v) is 9.73. The molecule has 0 bridgehead atoms. The molecule has 2 aromatic carbocycles. The minimum atomic E-state index is -0.763. The predicted octanol–water partition coefficient (Wildman–Crippen LogP) is 4.31. The van der Waals surface area contributed by atoms with Gasteiger partial charge in [0.25, 0.3) is 0 Å². The number of Topliss-reactive ketones (excluding diaryl/α,β-unsaturated/α-hetero) is 1. The smallest absolute Gasteiger partial charge is 0.315 e. The number of methoxy groups -OCH3 is 3. The van der Waals surface area contributed by atoms with Crippen molar-refractivity contribution < 1.29 is 23.8 Å². The molecule has 1 heterocycles. The van der Waals surface area contributed by atoms with Crippen molar-refractivity contribution in [1.29, 1.82) is 0 Å². The van der Waals surface area contributed by atoms with Crippen molar-refractivity contribution in [3.05, 3.63) is 63.7 Å². The Kier molecular flexibility index (Phi) is 5.12. The third-order valence-corrected chi connectivity index (χ3v) is 5.86. The summed E-state index contributed by atoms with van der Waals surface area (Å²) in [6.07, 6.45) is 0. The lowest BCUT2D eigenvalue weighted by Gasteiger charge is -2.30. The van der Waals surface area contributed by atoms with Gasteiger partial charge in [0.05, 0.1) is 32.0 Å². The van der Waals surface area contributed by atoms with Gasteiger partial charge in [-0.3, -0.25) is 14.6 Å². The SMILES string of the molecule is COC(=O)C1C(C)=NC2=C(C(=O)c3ccccc32)[C@H]1c1cc(Cl)c(OC)c(OC)c1. The van der Waals surface area contributed by atoms with E-state index in [1.165, 1.54) is 21.3 Å². The Morgan fingerprint density at radius 2 is 1.77 bits per heavy atom. The Morgan fingerprint density at radius 3 is 2.40 bits per heavy atom. The van der Waals surface area contributed by atoms with E-state index in [-0.39, 0.29) is 5.78 Å². The molecule has 0 amide bonds. The molecule has 0 saturated carbocycles. The molecule has 0 N–H and O–H groups in total. The van der Waals surface area contributed by atoms with Gasteiger partial charge in [0, 0.05) is 28.3 Å². The highest BCUT2D eigenvalue weighted by molar-refractivity contribution is 6.32. The maximum atomic E-state index is 13.4. The van der Waals surface area contributed by atoms with E-state index in [1.54, 1.807) is 25.1 Å². The Hall–Kier alpha value is -3.12. The fourth-order valence-corrected chi connectivity index (χ4v) is 4.55. The van der Waals surface area contributed by atoms with Crippen molar-refractivity contribution in [2.24, 2.45) is 10.9 Å². The van der Waals surface area contributed by atoms with Crippen LogP contribution in [-0.2, 0) is 9.53 Å². The van der Waals surface area contributed by atoms with Gasteiger partial charge in [-0.05, 0) is 24.6 Å². The molecule has 4 rings (SSSR count). The average molecular weight is 426 g/mol. The van der Waals surface area contributed by atoms with E-state index in [2.05, 4.69) is 4.99 Å². The minimum Gasteiger partial charge on any atom is -0.493 e. The molecule has 0 fully saturated rings. The number of nitrogens with zero attached hydrogens (tertiary/aromatic N) is 1. The zero-order valence-corrected chi connectivity index (χ0v) is 17.7. The van der Waals surface area contributed by atoms with E-state index in [4.69, 9.17) is 25.8 Å². The Bertz CT molecular complexity index is 1130. The summed E-state index contributed by atoms with van der Waals surface area (Å²) in [7, 11) is 4.32. The number of fused-ring (bicyclic) bond motifs is 2. The van der Waals surface area contributed by atoms with Gasteiger partial charge in [-0.2, -0.15) is 0 Å². The molecule has 0 aromatic heterocycles. The number of rotatable bonds is 4. The number of carbonyl (C=O) groups is 2. The highest BCUT2D eigenvalue weighted by Crippen LogP contribution is 2.50. The molecule has 6 nitrogen and oxygen atoms in total. The highest BCUT2D eigenvalue weighted by atomic mass is 35.5. The summed E-state index contributed by atoms with van der Waals surface area (Å²) in [6.45, 7) is 1.77. The second kappa shape index (κ2) is 7.61. The van der Waals surface area contributed by atoms with Crippen LogP contribution in [0.2, 0.25) is 5.02 Å². The van der Waals surface area contributed by atoms with Crippen molar-refractivity contribution >= 4 is 34.8 Å². The number of ketones is 1. The number of hydrogen-bond donors (Lipinski definition) is 0. The third kappa shape index (κ3) is 2.91.